The third-order valence-electron chi connectivity index (χ3n) is 4.61. The Morgan fingerprint density at radius 1 is 1.23 bits per heavy atom. The second kappa shape index (κ2) is 9.02. The number of Topliss-reactive ketones (excluding diaryl/α,β-unsaturated/α-hetero) is 1. The van der Waals surface area contributed by atoms with E-state index in [-0.39, 0.29) is 5.92 Å². The van der Waals surface area contributed by atoms with E-state index >= 15 is 0 Å². The monoisotopic (exact) mass is 324 g/mol. The van der Waals surface area contributed by atoms with Crippen LogP contribution in [0.3, 0.4) is 0 Å². The van der Waals surface area contributed by atoms with Gasteiger partial charge in [-0.05, 0) is 51.7 Å². The number of ketones is 1. The lowest BCUT2D eigenvalue weighted by atomic mass is 9.76. The van der Waals surface area contributed by atoms with Gasteiger partial charge in [0, 0.05) is 5.92 Å². The zero-order valence-electron chi connectivity index (χ0n) is 15.2. The quantitative estimate of drug-likeness (QED) is 0.370. The van der Waals surface area contributed by atoms with Crippen molar-refractivity contribution in [2.45, 2.75) is 96.4 Å². The summed E-state index contributed by atoms with van der Waals surface area (Å²) in [6, 6.07) is 0. The maximum Gasteiger partial charge on any atom is 0.185 e. The van der Waals surface area contributed by atoms with Crippen molar-refractivity contribution >= 4 is 14.1 Å². The molecule has 0 aliphatic heterocycles. The largest absolute Gasteiger partial charge is 0.405 e. The molecule has 1 fully saturated rings. The molecular weight excluding hydrogens is 288 g/mol. The summed E-state index contributed by atoms with van der Waals surface area (Å²) in [6.45, 7) is 12.7. The molecule has 0 bridgehead atoms. The first-order valence-electron chi connectivity index (χ1n) is 9.20. The predicted molar refractivity (Wildman–Crippen MR) is 97.7 cm³/mol. The molecule has 0 heterocycles. The van der Waals surface area contributed by atoms with Crippen molar-refractivity contribution in [3.8, 4) is 0 Å². The van der Waals surface area contributed by atoms with Crippen molar-refractivity contribution in [3.05, 3.63) is 12.7 Å². The zero-order valence-corrected chi connectivity index (χ0v) is 16.2. The van der Waals surface area contributed by atoms with Crippen LogP contribution in [-0.4, -0.2) is 19.7 Å². The van der Waals surface area contributed by atoms with Gasteiger partial charge < -0.3 is 4.43 Å². The van der Waals surface area contributed by atoms with E-state index in [4.69, 9.17) is 4.43 Å². The average Bonchev–Trinajstić information content (AvgIpc) is 2.49. The Balaban J connectivity index is 3.01. The number of allylic oxidation sites excluding steroid dienone is 1. The summed E-state index contributed by atoms with van der Waals surface area (Å²) in [5.41, 5.74) is -0.545. The Kier molecular flexibility index (Phi) is 8.05. The van der Waals surface area contributed by atoms with Gasteiger partial charge in [0.1, 0.15) is 5.60 Å². The Morgan fingerprint density at radius 2 is 1.86 bits per heavy atom. The summed E-state index contributed by atoms with van der Waals surface area (Å²) in [5, 5.41) is 0. The van der Waals surface area contributed by atoms with Gasteiger partial charge in [-0.2, -0.15) is 0 Å². The van der Waals surface area contributed by atoms with Crippen LogP contribution < -0.4 is 0 Å². The topological polar surface area (TPSA) is 26.3 Å². The number of hydrogen-bond acceptors (Lipinski definition) is 2. The summed E-state index contributed by atoms with van der Waals surface area (Å²) in [6.07, 6.45) is 12.5. The Bertz CT molecular complexity index is 353. The first kappa shape index (κ1) is 19.6. The van der Waals surface area contributed by atoms with E-state index in [1.165, 1.54) is 19.3 Å². The van der Waals surface area contributed by atoms with Crippen LogP contribution in [-0.2, 0) is 9.22 Å². The lowest BCUT2D eigenvalue weighted by Crippen LogP contribution is -2.51. The molecule has 0 aromatic carbocycles. The number of rotatable bonds is 10. The van der Waals surface area contributed by atoms with E-state index in [2.05, 4.69) is 33.1 Å². The molecule has 1 rings (SSSR count). The molecule has 3 heteroatoms. The number of carbonyl (C=O) groups is 1. The lowest BCUT2D eigenvalue weighted by Gasteiger charge is -2.41. The number of unbranched alkanes of at least 4 members (excludes halogenated alkanes) is 1. The summed E-state index contributed by atoms with van der Waals surface area (Å²) in [5.74, 6) is 0.636. The number of carbonyl (C=O) groups excluding carboxylic acids is 1. The fraction of sp³-hybridized carbons (Fsp3) is 0.842. The second-order valence-corrected chi connectivity index (χ2v) is 12.3. The molecule has 0 aromatic rings. The Hall–Kier alpha value is -0.413. The molecule has 1 saturated carbocycles. The second-order valence-electron chi connectivity index (χ2n) is 7.84. The molecule has 128 valence electrons. The van der Waals surface area contributed by atoms with Gasteiger partial charge in [-0.15, -0.1) is 6.58 Å². The number of hydrogen-bond donors (Lipinski definition) is 0. The van der Waals surface area contributed by atoms with E-state index in [9.17, 15) is 4.79 Å². The van der Waals surface area contributed by atoms with Crippen LogP contribution in [0.15, 0.2) is 12.7 Å². The minimum Gasteiger partial charge on any atom is -0.405 e. The summed E-state index contributed by atoms with van der Waals surface area (Å²) >= 11 is 0. The molecule has 1 unspecified atom stereocenters. The van der Waals surface area contributed by atoms with E-state index in [0.29, 0.717) is 5.78 Å². The van der Waals surface area contributed by atoms with E-state index in [1.54, 1.807) is 0 Å². The molecule has 1 atom stereocenters. The predicted octanol–water partition coefficient (Wildman–Crippen LogP) is 5.88. The van der Waals surface area contributed by atoms with Gasteiger partial charge in [-0.25, -0.2) is 0 Å². The molecule has 0 spiro atoms. The van der Waals surface area contributed by atoms with Crippen LogP contribution in [0.1, 0.15) is 71.1 Å². The Labute approximate surface area is 138 Å². The minimum atomic E-state index is -1.77. The van der Waals surface area contributed by atoms with Crippen molar-refractivity contribution in [1.29, 1.82) is 0 Å². The van der Waals surface area contributed by atoms with Gasteiger partial charge in [0.2, 0.25) is 0 Å². The fourth-order valence-corrected chi connectivity index (χ4v) is 5.12. The van der Waals surface area contributed by atoms with Crippen molar-refractivity contribution < 1.29 is 9.22 Å². The highest BCUT2D eigenvalue weighted by atomic mass is 28.4. The molecule has 22 heavy (non-hydrogen) atoms. The molecule has 0 amide bonds. The van der Waals surface area contributed by atoms with Gasteiger partial charge in [0.05, 0.1) is 0 Å². The Morgan fingerprint density at radius 3 is 2.36 bits per heavy atom. The first-order valence-corrected chi connectivity index (χ1v) is 12.6. The van der Waals surface area contributed by atoms with Gasteiger partial charge in [-0.3, -0.25) is 4.79 Å². The first-order chi connectivity index (χ1) is 10.3. The summed E-state index contributed by atoms with van der Waals surface area (Å²) in [7, 11) is -1.77. The van der Waals surface area contributed by atoms with Gasteiger partial charge in [0.15, 0.2) is 14.1 Å². The molecule has 1 aliphatic rings. The molecule has 2 nitrogen and oxygen atoms in total. The highest BCUT2D eigenvalue weighted by Gasteiger charge is 2.44. The smallest absolute Gasteiger partial charge is 0.185 e. The van der Waals surface area contributed by atoms with Crippen LogP contribution in [0.4, 0.5) is 0 Å². The molecule has 1 aliphatic carbocycles. The fourth-order valence-electron chi connectivity index (χ4n) is 3.64. The summed E-state index contributed by atoms with van der Waals surface area (Å²) in [4.78, 5) is 13.4. The van der Waals surface area contributed by atoms with Crippen molar-refractivity contribution in [2.24, 2.45) is 5.92 Å². The van der Waals surface area contributed by atoms with E-state index < -0.39 is 13.9 Å². The molecule has 0 saturated heterocycles. The lowest BCUT2D eigenvalue weighted by molar-refractivity contribution is -0.142. The maximum absolute atomic E-state index is 13.4. The van der Waals surface area contributed by atoms with Crippen LogP contribution in [0.5, 0.6) is 0 Å². The van der Waals surface area contributed by atoms with Crippen LogP contribution in [0.25, 0.3) is 0 Å². The minimum absolute atomic E-state index is 0.228. The maximum atomic E-state index is 13.4. The third-order valence-corrected chi connectivity index (χ3v) is 5.62. The highest BCUT2D eigenvalue weighted by molar-refractivity contribution is 6.70. The van der Waals surface area contributed by atoms with Crippen LogP contribution in [0, 0.1) is 5.92 Å². The third kappa shape index (κ3) is 6.00. The van der Waals surface area contributed by atoms with Crippen LogP contribution in [0.2, 0.25) is 19.6 Å². The van der Waals surface area contributed by atoms with E-state index in [1.807, 2.05) is 6.08 Å². The molecular formula is C19H36O2Si. The SMILES string of the molecule is C=CCCC(CCCC)(O[Si](C)(C)C)C(=O)C1CCCCC1. The molecule has 0 aromatic heterocycles. The normalized spacial score (nSPS) is 19.6. The van der Waals surface area contributed by atoms with Crippen LogP contribution >= 0.6 is 0 Å². The summed E-state index contributed by atoms with van der Waals surface area (Å²) < 4.78 is 6.59. The van der Waals surface area contributed by atoms with Gasteiger partial charge in [-0.1, -0.05) is 45.1 Å². The van der Waals surface area contributed by atoms with Gasteiger partial charge in [0.25, 0.3) is 0 Å². The highest BCUT2D eigenvalue weighted by Crippen LogP contribution is 2.37. The molecule has 0 radical (unpaired) electrons. The van der Waals surface area contributed by atoms with Crippen molar-refractivity contribution in [3.63, 3.8) is 0 Å². The van der Waals surface area contributed by atoms with Crippen molar-refractivity contribution in [2.75, 3.05) is 0 Å². The zero-order chi connectivity index (χ0) is 16.6. The average molecular weight is 325 g/mol. The standard InChI is InChI=1S/C19H36O2Si/c1-6-8-15-19(16-9-7-2,21-22(3,4)5)18(20)17-13-11-10-12-14-17/h6,17H,1,7-16H2,2-5H3. The van der Waals surface area contributed by atoms with Gasteiger partial charge >= 0.3 is 0 Å². The van der Waals surface area contributed by atoms with E-state index in [0.717, 1.165) is 44.9 Å². The molecule has 0 N–H and O–H groups in total. The van der Waals surface area contributed by atoms with Crippen molar-refractivity contribution in [1.82, 2.24) is 0 Å².